The van der Waals surface area contributed by atoms with Crippen molar-refractivity contribution in [1.82, 2.24) is 19.9 Å². The molecule has 2 N–H and O–H groups in total. The number of hydrogen-bond donors (Lipinski definition) is 2. The van der Waals surface area contributed by atoms with Gasteiger partial charge in [0.2, 0.25) is 0 Å². The Kier molecular flexibility index (Phi) is 12.4. The first-order valence-electron chi connectivity index (χ1n) is 21.2. The fraction of sp³-hybridized carbons (Fsp3) is 0.294. The molecular formula is C51H56N4O3Si. The lowest BCUT2D eigenvalue weighted by Gasteiger charge is -2.43. The Hall–Kier alpha value is -5.54. The number of benzene rings is 5. The molecule has 0 spiro atoms. The number of fused-ring (bicyclic) bond motifs is 1. The lowest BCUT2D eigenvalue weighted by Crippen LogP contribution is -2.68. The summed E-state index contributed by atoms with van der Waals surface area (Å²) in [6, 6.07) is 50.7. The van der Waals surface area contributed by atoms with Crippen molar-refractivity contribution < 1.29 is 14.3 Å². The van der Waals surface area contributed by atoms with Gasteiger partial charge in [0.25, 0.3) is 0 Å². The molecule has 7 nitrogen and oxygen atoms in total. The molecule has 2 heterocycles. The average molecular weight is 801 g/mol. The standard InChI is InChI=1S/C51H56N4O3Si/c1-51(2,3)59(46-16-9-5-10-17-46,47-18-11-6-12-19-47)58-45-31-29-44(30-32-45)57-37-43(56)36-52-35-33-38-21-27-42(28-22-38)55-49(54-48-20-13-34-53-50(48)55)41-25-23-40(24-26-41)39-14-7-4-8-15-39/h5-6,9-13,16-32,34,39,43,52,56H,4,7-8,14-15,33,35-37H2,1-3H3/t43-/m0/s1. The summed E-state index contributed by atoms with van der Waals surface area (Å²) in [5.74, 6) is 3.07. The predicted molar refractivity (Wildman–Crippen MR) is 243 cm³/mol. The van der Waals surface area contributed by atoms with E-state index in [0.717, 1.165) is 47.0 Å². The van der Waals surface area contributed by atoms with E-state index in [9.17, 15) is 5.11 Å². The monoisotopic (exact) mass is 800 g/mol. The van der Waals surface area contributed by atoms with Crippen molar-refractivity contribution in [2.45, 2.75) is 76.4 Å². The summed E-state index contributed by atoms with van der Waals surface area (Å²) < 4.78 is 15.3. The first kappa shape index (κ1) is 40.2. The van der Waals surface area contributed by atoms with Gasteiger partial charge in [-0.2, -0.15) is 0 Å². The van der Waals surface area contributed by atoms with Crippen LogP contribution in [-0.2, 0) is 6.42 Å². The van der Waals surface area contributed by atoms with Crippen LogP contribution in [0.25, 0.3) is 28.2 Å². The number of pyridine rings is 1. The molecule has 8 rings (SSSR count). The Morgan fingerprint density at radius 3 is 2.03 bits per heavy atom. The molecule has 302 valence electrons. The van der Waals surface area contributed by atoms with Crippen molar-refractivity contribution in [3.63, 3.8) is 0 Å². The highest BCUT2D eigenvalue weighted by molar-refractivity contribution is 7.00. The topological polar surface area (TPSA) is 81.4 Å². The van der Waals surface area contributed by atoms with E-state index in [1.54, 1.807) is 0 Å². The molecule has 0 bridgehead atoms. The first-order valence-corrected chi connectivity index (χ1v) is 23.1. The van der Waals surface area contributed by atoms with E-state index in [2.05, 4.69) is 140 Å². The van der Waals surface area contributed by atoms with Crippen LogP contribution in [0.15, 0.2) is 152 Å². The summed E-state index contributed by atoms with van der Waals surface area (Å²) in [6.45, 7) is 8.18. The number of ether oxygens (including phenoxy) is 1. The third kappa shape index (κ3) is 9.05. The summed E-state index contributed by atoms with van der Waals surface area (Å²) in [4.78, 5) is 9.76. The number of aliphatic hydroxyl groups is 1. The van der Waals surface area contributed by atoms with Crippen LogP contribution in [0.1, 0.15) is 69.9 Å². The third-order valence-corrected chi connectivity index (χ3v) is 16.7. The second kappa shape index (κ2) is 18.2. The van der Waals surface area contributed by atoms with Gasteiger partial charge in [0.05, 0.1) is 0 Å². The molecule has 0 saturated heterocycles. The minimum atomic E-state index is -2.73. The molecule has 59 heavy (non-hydrogen) atoms. The van der Waals surface area contributed by atoms with E-state index in [0.29, 0.717) is 18.2 Å². The fourth-order valence-electron chi connectivity index (χ4n) is 8.69. The van der Waals surface area contributed by atoms with Gasteiger partial charge in [-0.1, -0.05) is 137 Å². The van der Waals surface area contributed by atoms with E-state index in [-0.39, 0.29) is 11.6 Å². The van der Waals surface area contributed by atoms with Crippen LogP contribution >= 0.6 is 0 Å². The summed E-state index contributed by atoms with van der Waals surface area (Å²) >= 11 is 0. The van der Waals surface area contributed by atoms with Crippen molar-refractivity contribution in [3.05, 3.63) is 163 Å². The lowest BCUT2D eigenvalue weighted by molar-refractivity contribution is 0.106. The second-order valence-corrected chi connectivity index (χ2v) is 21.1. The van der Waals surface area contributed by atoms with Crippen molar-refractivity contribution in [1.29, 1.82) is 0 Å². The van der Waals surface area contributed by atoms with Gasteiger partial charge < -0.3 is 19.6 Å². The Morgan fingerprint density at radius 2 is 1.39 bits per heavy atom. The molecule has 0 aliphatic heterocycles. The number of hydrogen-bond acceptors (Lipinski definition) is 6. The Bertz CT molecular complexity index is 2350. The molecule has 0 radical (unpaired) electrons. The van der Waals surface area contributed by atoms with Gasteiger partial charge in [0, 0.05) is 24.0 Å². The minimum absolute atomic E-state index is 0.135. The highest BCUT2D eigenvalue weighted by Gasteiger charge is 2.52. The molecule has 1 saturated carbocycles. The number of nitrogens with one attached hydrogen (secondary N) is 1. The molecular weight excluding hydrogens is 745 g/mol. The number of imidazole rings is 1. The molecule has 7 aromatic rings. The average Bonchev–Trinajstić information content (AvgIpc) is 3.67. The SMILES string of the molecule is CC(C)(C)[Si](Oc1ccc(OC[C@@H](O)CNCCc2ccc(-n3c(-c4ccc(C5CCCCC5)cc4)nc4cccnc43)cc2)cc1)(c1ccccc1)c1ccccc1. The first-order chi connectivity index (χ1) is 28.8. The molecule has 5 aromatic carbocycles. The van der Waals surface area contributed by atoms with E-state index in [4.69, 9.17) is 19.1 Å². The van der Waals surface area contributed by atoms with Crippen LogP contribution in [0.3, 0.4) is 0 Å². The van der Waals surface area contributed by atoms with E-state index >= 15 is 0 Å². The molecule has 1 aliphatic carbocycles. The maximum atomic E-state index is 10.8. The van der Waals surface area contributed by atoms with Crippen LogP contribution < -0.4 is 24.9 Å². The van der Waals surface area contributed by atoms with E-state index in [1.165, 1.54) is 53.6 Å². The molecule has 1 fully saturated rings. The highest BCUT2D eigenvalue weighted by atomic mass is 28.4. The van der Waals surface area contributed by atoms with Crippen LogP contribution in [0.5, 0.6) is 11.5 Å². The summed E-state index contributed by atoms with van der Waals surface area (Å²) in [6.07, 6.45) is 8.61. The highest BCUT2D eigenvalue weighted by Crippen LogP contribution is 2.38. The third-order valence-electron chi connectivity index (χ3n) is 11.8. The molecule has 8 heteroatoms. The van der Waals surface area contributed by atoms with Gasteiger partial charge in [-0.15, -0.1) is 0 Å². The van der Waals surface area contributed by atoms with Gasteiger partial charge >= 0.3 is 8.32 Å². The smallest absolute Gasteiger partial charge is 0.319 e. The molecule has 0 amide bonds. The minimum Gasteiger partial charge on any atom is -0.534 e. The maximum absolute atomic E-state index is 10.8. The zero-order valence-electron chi connectivity index (χ0n) is 34.6. The largest absolute Gasteiger partial charge is 0.534 e. The number of aromatic nitrogens is 3. The van der Waals surface area contributed by atoms with Crippen molar-refractivity contribution >= 4 is 29.9 Å². The number of rotatable bonds is 15. The lowest BCUT2D eigenvalue weighted by atomic mass is 9.84. The van der Waals surface area contributed by atoms with Crippen molar-refractivity contribution in [2.75, 3.05) is 19.7 Å². The van der Waals surface area contributed by atoms with Gasteiger partial charge in [-0.3, -0.25) is 4.57 Å². The normalized spacial score (nSPS) is 14.3. The van der Waals surface area contributed by atoms with Gasteiger partial charge in [0.1, 0.15) is 35.6 Å². The second-order valence-electron chi connectivity index (χ2n) is 16.9. The quantitative estimate of drug-likeness (QED) is 0.0795. The Labute approximate surface area is 350 Å². The van der Waals surface area contributed by atoms with Crippen molar-refractivity contribution in [3.8, 4) is 28.6 Å². The molecule has 0 unspecified atom stereocenters. The van der Waals surface area contributed by atoms with Crippen LogP contribution in [0.4, 0.5) is 0 Å². The Morgan fingerprint density at radius 1 is 0.746 bits per heavy atom. The molecule has 2 aromatic heterocycles. The van der Waals surface area contributed by atoms with Gasteiger partial charge in [-0.25, -0.2) is 9.97 Å². The molecule has 1 atom stereocenters. The summed E-state index contributed by atoms with van der Waals surface area (Å²) in [7, 11) is -2.73. The van der Waals surface area contributed by atoms with Gasteiger partial charge in [-0.05, 0) is 107 Å². The van der Waals surface area contributed by atoms with E-state index in [1.807, 2.05) is 42.6 Å². The summed E-state index contributed by atoms with van der Waals surface area (Å²) in [5, 5.41) is 16.5. The molecule has 1 aliphatic rings. The van der Waals surface area contributed by atoms with Crippen LogP contribution in [-0.4, -0.2) is 53.8 Å². The fourth-order valence-corrected chi connectivity index (χ4v) is 13.1. The van der Waals surface area contributed by atoms with E-state index < -0.39 is 14.4 Å². The predicted octanol–water partition coefficient (Wildman–Crippen LogP) is 9.65. The Balaban J connectivity index is 0.848. The zero-order chi connectivity index (χ0) is 40.7. The number of aliphatic hydroxyl groups excluding tert-OH is 1. The maximum Gasteiger partial charge on any atom is 0.319 e. The summed E-state index contributed by atoms with van der Waals surface area (Å²) in [5.41, 5.74) is 6.51. The van der Waals surface area contributed by atoms with Crippen LogP contribution in [0.2, 0.25) is 5.04 Å². The van der Waals surface area contributed by atoms with Crippen LogP contribution in [0, 0.1) is 0 Å². The number of nitrogens with zero attached hydrogens (tertiary/aromatic N) is 3. The zero-order valence-corrected chi connectivity index (χ0v) is 35.6. The van der Waals surface area contributed by atoms with Crippen molar-refractivity contribution in [2.24, 2.45) is 0 Å². The van der Waals surface area contributed by atoms with Gasteiger partial charge in [0.15, 0.2) is 5.65 Å².